The zero-order valence-corrected chi connectivity index (χ0v) is 27.1. The lowest BCUT2D eigenvalue weighted by molar-refractivity contribution is -0.117. The number of thioether (sulfide) groups is 1. The molecule has 13 heteroatoms. The van der Waals surface area contributed by atoms with Gasteiger partial charge in [-0.3, -0.25) is 10.1 Å². The molecule has 4 rings (SSSR count). The van der Waals surface area contributed by atoms with Gasteiger partial charge in [-0.15, -0.1) is 0 Å². The number of anilines is 3. The summed E-state index contributed by atoms with van der Waals surface area (Å²) < 4.78 is 38.9. The average molecular weight is 634 g/mol. The van der Waals surface area contributed by atoms with E-state index in [0.717, 1.165) is 23.2 Å². The number of unbranched alkanes of at least 4 members (excludes halogenated alkanes) is 9. The van der Waals surface area contributed by atoms with Crippen LogP contribution in [0.3, 0.4) is 0 Å². The van der Waals surface area contributed by atoms with Gasteiger partial charge in [0.15, 0.2) is 5.82 Å². The maximum Gasteiger partial charge on any atom is 0.411 e. The highest BCUT2D eigenvalue weighted by Gasteiger charge is 2.39. The summed E-state index contributed by atoms with van der Waals surface area (Å²) in [5, 5.41) is 5.75. The Morgan fingerprint density at radius 2 is 1.77 bits per heavy atom. The molecule has 0 saturated carbocycles. The van der Waals surface area contributed by atoms with Crippen molar-refractivity contribution in [2.75, 3.05) is 24.4 Å². The van der Waals surface area contributed by atoms with Gasteiger partial charge in [0.25, 0.3) is 15.9 Å². The molecule has 0 aliphatic carbocycles. The van der Waals surface area contributed by atoms with Crippen LogP contribution in [0.1, 0.15) is 97.1 Å². The number of nitrogens with zero attached hydrogens (tertiary/aromatic N) is 3. The molecule has 0 radical (unpaired) electrons. The van der Waals surface area contributed by atoms with Gasteiger partial charge < -0.3 is 14.8 Å². The predicted molar refractivity (Wildman–Crippen MR) is 170 cm³/mol. The molecule has 43 heavy (non-hydrogen) atoms. The zero-order valence-electron chi connectivity index (χ0n) is 25.5. The molecule has 0 fully saturated rings. The minimum Gasteiger partial charge on any atom is -0.467 e. The van der Waals surface area contributed by atoms with Gasteiger partial charge in [-0.25, -0.2) is 18.2 Å². The number of imidazole rings is 1. The molecular weight excluding hydrogens is 590 g/mol. The quantitative estimate of drug-likeness (QED) is 0.158. The third-order valence-corrected chi connectivity index (χ3v) is 10.2. The number of carbonyl (C=O) groups is 2. The van der Waals surface area contributed by atoms with Crippen LogP contribution in [0, 0.1) is 5.92 Å². The number of hydrogen-bond donors (Lipinski definition) is 2. The van der Waals surface area contributed by atoms with Crippen molar-refractivity contribution in [2.45, 2.75) is 102 Å². The first kappa shape index (κ1) is 32.8. The van der Waals surface area contributed by atoms with E-state index in [1.54, 1.807) is 12.1 Å². The van der Waals surface area contributed by atoms with Gasteiger partial charge in [0, 0.05) is 5.69 Å². The molecular formula is C30H43N5O6S2. The number of ether oxygens (including phenoxy) is 2. The Labute approximate surface area is 258 Å². The summed E-state index contributed by atoms with van der Waals surface area (Å²) in [5.74, 6) is 0.0870. The molecule has 1 aromatic heterocycles. The number of fused-ring (bicyclic) bond motifs is 2. The van der Waals surface area contributed by atoms with Crippen LogP contribution in [-0.2, 0) is 19.6 Å². The standard InChI is InChI=1S/C30H43N5O6S2/c1-5-6-7-8-9-10-11-12-13-14-15-23-27(36)34-28(42-23)25-26-32-22-17-16-21(31-30(37)41-19-20(2)3)18-24(22)43(38,39)35(26)29(33-25)40-4/h16-18,20,23,32H,5-15,19H2,1-4H3,(H,31,37). The smallest absolute Gasteiger partial charge is 0.411 e. The van der Waals surface area contributed by atoms with Crippen LogP contribution in [0.2, 0.25) is 0 Å². The van der Waals surface area contributed by atoms with E-state index in [0.29, 0.717) is 17.2 Å². The average Bonchev–Trinajstić information content (AvgIpc) is 3.53. The van der Waals surface area contributed by atoms with E-state index in [4.69, 9.17) is 9.47 Å². The van der Waals surface area contributed by atoms with Crippen molar-refractivity contribution in [1.82, 2.24) is 8.96 Å². The topological polar surface area (TPSA) is 141 Å². The van der Waals surface area contributed by atoms with Crippen molar-refractivity contribution in [3.05, 3.63) is 23.9 Å². The van der Waals surface area contributed by atoms with Crippen LogP contribution in [0.25, 0.3) is 0 Å². The van der Waals surface area contributed by atoms with Gasteiger partial charge in [-0.2, -0.15) is 8.96 Å². The predicted octanol–water partition coefficient (Wildman–Crippen LogP) is 7.09. The SMILES string of the molecule is CCCCCCCCCCCCC1SC(c2nc(OC)n3c2Nc2ccc(NC(=O)OCC(C)C)cc2S3(=O)=O)=NC1=O. The van der Waals surface area contributed by atoms with Crippen molar-refractivity contribution in [2.24, 2.45) is 10.9 Å². The number of aliphatic imine (C=N–C) groups is 1. The number of nitrogens with one attached hydrogen (secondary N) is 2. The summed E-state index contributed by atoms with van der Waals surface area (Å²) in [6, 6.07) is 4.33. The molecule has 2 N–H and O–H groups in total. The van der Waals surface area contributed by atoms with Crippen molar-refractivity contribution in [1.29, 1.82) is 0 Å². The first-order valence-electron chi connectivity index (χ1n) is 15.2. The van der Waals surface area contributed by atoms with Gasteiger partial charge >= 0.3 is 12.1 Å². The van der Waals surface area contributed by atoms with E-state index >= 15 is 0 Å². The fourth-order valence-corrected chi connectivity index (χ4v) is 7.69. The van der Waals surface area contributed by atoms with Crippen LogP contribution >= 0.6 is 11.8 Å². The fourth-order valence-electron chi connectivity index (χ4n) is 5.03. The largest absolute Gasteiger partial charge is 0.467 e. The maximum absolute atomic E-state index is 13.7. The van der Waals surface area contributed by atoms with E-state index in [1.807, 2.05) is 13.8 Å². The van der Waals surface area contributed by atoms with Crippen molar-refractivity contribution in [3.8, 4) is 6.01 Å². The number of aromatic nitrogens is 2. The number of benzene rings is 1. The number of carbonyl (C=O) groups excluding carboxylic acids is 2. The Morgan fingerprint density at radius 1 is 1.09 bits per heavy atom. The third kappa shape index (κ3) is 8.11. The lowest BCUT2D eigenvalue weighted by Crippen LogP contribution is -2.23. The molecule has 2 aromatic rings. The molecule has 0 spiro atoms. The van der Waals surface area contributed by atoms with Crippen molar-refractivity contribution < 1.29 is 27.5 Å². The van der Waals surface area contributed by atoms with Gasteiger partial charge in [-0.05, 0) is 30.5 Å². The minimum absolute atomic E-state index is 0.0696. The van der Waals surface area contributed by atoms with Crippen LogP contribution in [0.5, 0.6) is 6.01 Å². The van der Waals surface area contributed by atoms with E-state index < -0.39 is 16.1 Å². The normalized spacial score (nSPS) is 16.8. The third-order valence-electron chi connectivity index (χ3n) is 7.30. The summed E-state index contributed by atoms with van der Waals surface area (Å²) in [6.07, 6.45) is 12.2. The molecule has 2 aliphatic rings. The highest BCUT2D eigenvalue weighted by Crippen LogP contribution is 2.42. The molecule has 1 aromatic carbocycles. The molecule has 1 unspecified atom stereocenters. The van der Waals surface area contributed by atoms with Crippen LogP contribution in [-0.4, -0.2) is 53.4 Å². The Morgan fingerprint density at radius 3 is 2.42 bits per heavy atom. The Kier molecular flexibility index (Phi) is 11.5. The van der Waals surface area contributed by atoms with Gasteiger partial charge in [0.2, 0.25) is 0 Å². The highest BCUT2D eigenvalue weighted by molar-refractivity contribution is 8.16. The monoisotopic (exact) mass is 633 g/mol. The number of methoxy groups -OCH3 is 1. The summed E-state index contributed by atoms with van der Waals surface area (Å²) in [7, 11) is -2.84. The lowest BCUT2D eigenvalue weighted by Gasteiger charge is -2.22. The Hall–Kier alpha value is -3.06. The summed E-state index contributed by atoms with van der Waals surface area (Å²) >= 11 is 1.32. The molecule has 236 valence electrons. The van der Waals surface area contributed by atoms with Crippen molar-refractivity contribution >= 4 is 56.0 Å². The number of amides is 2. The number of rotatable bonds is 16. The van der Waals surface area contributed by atoms with Crippen LogP contribution < -0.4 is 15.4 Å². The molecule has 2 amide bonds. The lowest BCUT2D eigenvalue weighted by atomic mass is 10.1. The zero-order chi connectivity index (χ0) is 31.0. The minimum atomic E-state index is -4.17. The molecule has 0 saturated heterocycles. The first-order valence-corrected chi connectivity index (χ1v) is 17.5. The molecule has 11 nitrogen and oxygen atoms in total. The fraction of sp³-hybridized carbons (Fsp3) is 0.600. The second-order valence-corrected chi connectivity index (χ2v) is 14.3. The van der Waals surface area contributed by atoms with E-state index in [9.17, 15) is 18.0 Å². The van der Waals surface area contributed by atoms with Gasteiger partial charge in [0.05, 0.1) is 24.7 Å². The summed E-state index contributed by atoms with van der Waals surface area (Å²) in [5.41, 5.74) is 0.806. The second kappa shape index (κ2) is 15.1. The first-order chi connectivity index (χ1) is 20.6. The number of hydrogen-bond acceptors (Lipinski definition) is 9. The van der Waals surface area contributed by atoms with E-state index in [2.05, 4.69) is 27.5 Å². The Balaban J connectivity index is 1.40. The summed E-state index contributed by atoms with van der Waals surface area (Å²) in [6.45, 7) is 6.30. The highest BCUT2D eigenvalue weighted by atomic mass is 32.2. The van der Waals surface area contributed by atoms with Gasteiger partial charge in [0.1, 0.15) is 15.6 Å². The van der Waals surface area contributed by atoms with Gasteiger partial charge in [-0.1, -0.05) is 96.7 Å². The second-order valence-electron chi connectivity index (χ2n) is 11.4. The van der Waals surface area contributed by atoms with E-state index in [1.165, 1.54) is 69.9 Å². The molecule has 3 heterocycles. The molecule has 0 bridgehead atoms. The molecule has 2 aliphatic heterocycles. The molecule has 1 atom stereocenters. The van der Waals surface area contributed by atoms with Crippen LogP contribution in [0.4, 0.5) is 22.0 Å². The summed E-state index contributed by atoms with van der Waals surface area (Å²) in [4.78, 5) is 33.5. The Bertz CT molecular complexity index is 1440. The van der Waals surface area contributed by atoms with Crippen molar-refractivity contribution in [3.63, 3.8) is 0 Å². The van der Waals surface area contributed by atoms with E-state index in [-0.39, 0.29) is 51.8 Å². The maximum atomic E-state index is 13.7. The van der Waals surface area contributed by atoms with Crippen LogP contribution in [0.15, 0.2) is 28.1 Å².